The molecule has 9 nitrogen and oxygen atoms in total. The van der Waals surface area contributed by atoms with Gasteiger partial charge in [0.05, 0.1) is 29.0 Å². The molecule has 1 aromatic heterocycles. The molecule has 4 N–H and O–H groups in total. The van der Waals surface area contributed by atoms with Gasteiger partial charge in [0.15, 0.2) is 0 Å². The first kappa shape index (κ1) is 20.3. The first-order chi connectivity index (χ1) is 14.5. The highest BCUT2D eigenvalue weighted by atomic mass is 16.2. The van der Waals surface area contributed by atoms with Crippen LogP contribution in [0.3, 0.4) is 0 Å². The summed E-state index contributed by atoms with van der Waals surface area (Å²) in [6, 6.07) is 4.94. The second-order valence-corrected chi connectivity index (χ2v) is 8.09. The van der Waals surface area contributed by atoms with Crippen LogP contribution in [0.15, 0.2) is 27.8 Å². The van der Waals surface area contributed by atoms with Crippen molar-refractivity contribution < 1.29 is 9.59 Å². The van der Waals surface area contributed by atoms with Crippen LogP contribution in [0.1, 0.15) is 44.9 Å². The Balaban J connectivity index is 1.41. The molecule has 0 radical (unpaired) electrons. The molecule has 2 aliphatic rings. The summed E-state index contributed by atoms with van der Waals surface area (Å²) in [7, 11) is 0. The molecule has 2 fully saturated rings. The number of H-pyrrole nitrogens is 2. The number of nitrogens with one attached hydrogen (secondary N) is 4. The average molecular weight is 413 g/mol. The molecule has 1 unspecified atom stereocenters. The van der Waals surface area contributed by atoms with Crippen LogP contribution >= 0.6 is 0 Å². The molecule has 1 aliphatic heterocycles. The summed E-state index contributed by atoms with van der Waals surface area (Å²) in [6.07, 6.45) is 7.63. The third-order valence-corrected chi connectivity index (χ3v) is 6.16. The average Bonchev–Trinajstić information content (AvgIpc) is 3.29. The zero-order chi connectivity index (χ0) is 21.1. The molecule has 2 aromatic rings. The van der Waals surface area contributed by atoms with E-state index in [0.717, 1.165) is 38.6 Å². The molecular weight excluding hydrogens is 386 g/mol. The van der Waals surface area contributed by atoms with Crippen molar-refractivity contribution in [2.24, 2.45) is 0 Å². The zero-order valence-electron chi connectivity index (χ0n) is 16.8. The van der Waals surface area contributed by atoms with Crippen LogP contribution in [0.5, 0.6) is 0 Å². The minimum absolute atomic E-state index is 0.112. The summed E-state index contributed by atoms with van der Waals surface area (Å²) >= 11 is 0. The van der Waals surface area contributed by atoms with Gasteiger partial charge in [-0.05, 0) is 44.4 Å². The van der Waals surface area contributed by atoms with Crippen molar-refractivity contribution in [3.05, 3.63) is 38.9 Å². The predicted octanol–water partition coefficient (Wildman–Crippen LogP) is 1.07. The second-order valence-electron chi connectivity index (χ2n) is 8.09. The molecule has 2 amide bonds. The van der Waals surface area contributed by atoms with E-state index in [0.29, 0.717) is 6.04 Å². The van der Waals surface area contributed by atoms with Gasteiger partial charge in [-0.25, -0.2) is 0 Å². The molecule has 1 aromatic carbocycles. The van der Waals surface area contributed by atoms with E-state index in [1.807, 2.05) is 0 Å². The van der Waals surface area contributed by atoms with Gasteiger partial charge in [0.25, 0.3) is 11.1 Å². The van der Waals surface area contributed by atoms with Crippen molar-refractivity contribution in [2.45, 2.75) is 57.0 Å². The van der Waals surface area contributed by atoms with Crippen molar-refractivity contribution in [1.82, 2.24) is 20.4 Å². The lowest BCUT2D eigenvalue weighted by atomic mass is 9.98. The highest BCUT2D eigenvalue weighted by Gasteiger charge is 2.34. The Bertz CT molecular complexity index is 1050. The highest BCUT2D eigenvalue weighted by Crippen LogP contribution is 2.29. The number of amides is 2. The fraction of sp³-hybridized carbons (Fsp3) is 0.524. The third kappa shape index (κ3) is 4.16. The van der Waals surface area contributed by atoms with E-state index in [1.54, 1.807) is 12.1 Å². The quantitative estimate of drug-likeness (QED) is 0.583. The van der Waals surface area contributed by atoms with E-state index < -0.39 is 17.0 Å². The summed E-state index contributed by atoms with van der Waals surface area (Å²) in [6.45, 7) is 0.744. The lowest BCUT2D eigenvalue weighted by molar-refractivity contribution is -0.130. The molecule has 1 atom stereocenters. The largest absolute Gasteiger partial charge is 0.346 e. The topological polar surface area (TPSA) is 127 Å². The fourth-order valence-corrected chi connectivity index (χ4v) is 4.72. The number of piperidine rings is 1. The molecule has 4 rings (SSSR count). The number of nitrogens with zero attached hydrogens (tertiary/aromatic N) is 1. The van der Waals surface area contributed by atoms with E-state index in [2.05, 4.69) is 25.7 Å². The van der Waals surface area contributed by atoms with Crippen molar-refractivity contribution in [3.8, 4) is 0 Å². The standard InChI is InChI=1S/C21H27N5O4/c27-17(23-15-9-5-8-14-18(15)21(30)25-24-19(14)28)12-22-20(29)16-10-3-4-11-26(16)13-6-1-2-7-13/h5,8-9,13,16H,1-4,6-7,10-12H2,(H,22,29)(H,23,27)(H,24,28)(H,25,30). The Morgan fingerprint density at radius 2 is 1.73 bits per heavy atom. The van der Waals surface area contributed by atoms with Gasteiger partial charge in [0, 0.05) is 6.04 Å². The summed E-state index contributed by atoms with van der Waals surface area (Å²) < 4.78 is 0. The van der Waals surface area contributed by atoms with Crippen LogP contribution in [0, 0.1) is 0 Å². The number of rotatable bonds is 5. The Morgan fingerprint density at radius 3 is 2.53 bits per heavy atom. The number of carbonyl (C=O) groups is 2. The number of benzene rings is 1. The molecule has 1 aliphatic carbocycles. The van der Waals surface area contributed by atoms with Gasteiger partial charge in [-0.1, -0.05) is 25.3 Å². The lowest BCUT2D eigenvalue weighted by Gasteiger charge is -2.38. The van der Waals surface area contributed by atoms with Crippen LogP contribution in [0.25, 0.3) is 10.8 Å². The van der Waals surface area contributed by atoms with Crippen molar-refractivity contribution >= 4 is 28.3 Å². The number of aromatic nitrogens is 2. The number of hydrogen-bond donors (Lipinski definition) is 4. The first-order valence-corrected chi connectivity index (χ1v) is 10.6. The van der Waals surface area contributed by atoms with Crippen molar-refractivity contribution in [2.75, 3.05) is 18.4 Å². The smallest absolute Gasteiger partial charge is 0.272 e. The molecule has 0 spiro atoms. The van der Waals surface area contributed by atoms with Gasteiger partial charge >= 0.3 is 0 Å². The van der Waals surface area contributed by atoms with Gasteiger partial charge in [-0.3, -0.25) is 34.3 Å². The van der Waals surface area contributed by atoms with Crippen LogP contribution in [-0.4, -0.2) is 52.1 Å². The van der Waals surface area contributed by atoms with Crippen LogP contribution < -0.4 is 21.8 Å². The number of carbonyl (C=O) groups excluding carboxylic acids is 2. The minimum Gasteiger partial charge on any atom is -0.346 e. The highest BCUT2D eigenvalue weighted by molar-refractivity contribution is 6.02. The van der Waals surface area contributed by atoms with Crippen LogP contribution in [0.2, 0.25) is 0 Å². The number of hydrogen-bond acceptors (Lipinski definition) is 5. The fourth-order valence-electron chi connectivity index (χ4n) is 4.72. The molecule has 1 saturated carbocycles. The summed E-state index contributed by atoms with van der Waals surface area (Å²) in [4.78, 5) is 51.6. The summed E-state index contributed by atoms with van der Waals surface area (Å²) in [5.41, 5.74) is -0.707. The van der Waals surface area contributed by atoms with Gasteiger partial charge in [-0.2, -0.15) is 0 Å². The van der Waals surface area contributed by atoms with E-state index in [1.165, 1.54) is 18.9 Å². The minimum atomic E-state index is -0.501. The maximum absolute atomic E-state index is 12.8. The van der Waals surface area contributed by atoms with E-state index in [-0.39, 0.29) is 35.0 Å². The molecule has 2 heterocycles. The lowest BCUT2D eigenvalue weighted by Crippen LogP contribution is -2.53. The Kier molecular flexibility index (Phi) is 5.98. The summed E-state index contributed by atoms with van der Waals surface area (Å²) in [5.74, 6) is -0.567. The van der Waals surface area contributed by atoms with Crippen LogP contribution in [0.4, 0.5) is 5.69 Å². The molecule has 30 heavy (non-hydrogen) atoms. The number of anilines is 1. The monoisotopic (exact) mass is 413 g/mol. The van der Waals surface area contributed by atoms with Crippen molar-refractivity contribution in [3.63, 3.8) is 0 Å². The van der Waals surface area contributed by atoms with Gasteiger partial charge in [0.2, 0.25) is 11.8 Å². The SMILES string of the molecule is O=C(CNC(=O)C1CCCCN1C1CCCC1)Nc1cccc2c(=O)[nH][nH]c(=O)c12. The van der Waals surface area contributed by atoms with E-state index in [4.69, 9.17) is 0 Å². The maximum Gasteiger partial charge on any atom is 0.272 e. The third-order valence-electron chi connectivity index (χ3n) is 6.16. The summed E-state index contributed by atoms with van der Waals surface area (Å²) in [5, 5.41) is 10.2. The Labute approximate surface area is 173 Å². The number of likely N-dealkylation sites (tertiary alicyclic amines) is 1. The molecule has 1 saturated heterocycles. The molecular formula is C21H27N5O4. The van der Waals surface area contributed by atoms with Gasteiger partial charge < -0.3 is 10.6 Å². The number of fused-ring (bicyclic) bond motifs is 1. The van der Waals surface area contributed by atoms with Gasteiger partial charge in [-0.15, -0.1) is 0 Å². The maximum atomic E-state index is 12.8. The van der Waals surface area contributed by atoms with E-state index >= 15 is 0 Å². The first-order valence-electron chi connectivity index (χ1n) is 10.6. The molecule has 160 valence electrons. The second kappa shape index (κ2) is 8.83. The Morgan fingerprint density at radius 1 is 1.00 bits per heavy atom. The van der Waals surface area contributed by atoms with E-state index in [9.17, 15) is 19.2 Å². The molecule has 0 bridgehead atoms. The van der Waals surface area contributed by atoms with Crippen molar-refractivity contribution in [1.29, 1.82) is 0 Å². The Hall–Kier alpha value is -2.94. The normalized spacial score (nSPS) is 20.3. The molecule has 9 heteroatoms. The zero-order valence-corrected chi connectivity index (χ0v) is 16.8. The van der Waals surface area contributed by atoms with Crippen LogP contribution in [-0.2, 0) is 9.59 Å². The van der Waals surface area contributed by atoms with Gasteiger partial charge in [0.1, 0.15) is 0 Å². The predicted molar refractivity (Wildman–Crippen MR) is 113 cm³/mol. The number of aromatic amines is 2.